The Hall–Kier alpha value is -2.40. The van der Waals surface area contributed by atoms with Gasteiger partial charge in [-0.25, -0.2) is 0 Å². The van der Waals surface area contributed by atoms with Crippen molar-refractivity contribution in [2.24, 2.45) is 0 Å². The van der Waals surface area contributed by atoms with E-state index in [-0.39, 0.29) is 12.2 Å². The summed E-state index contributed by atoms with van der Waals surface area (Å²) in [5.41, 5.74) is 1.40. The number of pyridine rings is 1. The van der Waals surface area contributed by atoms with Crippen molar-refractivity contribution in [3.63, 3.8) is 0 Å². The number of amides is 1. The zero-order valence-corrected chi connectivity index (χ0v) is 10.2. The number of carbonyl (C=O) groups is 1. The van der Waals surface area contributed by atoms with Gasteiger partial charge in [-0.1, -0.05) is 24.3 Å². The second kappa shape index (κ2) is 5.97. The Morgan fingerprint density at radius 2 is 1.84 bits per heavy atom. The molecule has 0 aliphatic rings. The number of benzene rings is 1. The van der Waals surface area contributed by atoms with E-state index in [2.05, 4.69) is 10.3 Å². The van der Waals surface area contributed by atoms with Crippen LogP contribution in [0.15, 0.2) is 47.4 Å². The maximum Gasteiger partial charge on any atom is 0.260 e. The molecule has 0 radical (unpaired) electrons. The van der Waals surface area contributed by atoms with Gasteiger partial charge >= 0.3 is 0 Å². The molecule has 0 fully saturated rings. The average Bonchev–Trinajstić information content (AvgIpc) is 2.46. The standard InChI is InChI=1S/C14H14N2O3/c17-9-11-5-3-10(4-6-11)8-16-14(19)12-2-1-7-15-13(12)18/h1-7,17H,8-9H2,(H,15,18)(H,16,19). The van der Waals surface area contributed by atoms with Gasteiger partial charge < -0.3 is 15.4 Å². The van der Waals surface area contributed by atoms with Crippen LogP contribution in [0.25, 0.3) is 0 Å². The van der Waals surface area contributed by atoms with Crippen LogP contribution in [-0.4, -0.2) is 16.0 Å². The number of rotatable bonds is 4. The molecular formula is C14H14N2O3. The number of aromatic nitrogens is 1. The third kappa shape index (κ3) is 3.29. The topological polar surface area (TPSA) is 82.2 Å². The summed E-state index contributed by atoms with van der Waals surface area (Å²) >= 11 is 0. The van der Waals surface area contributed by atoms with Gasteiger partial charge in [0, 0.05) is 12.7 Å². The Kier molecular flexibility index (Phi) is 4.10. The molecule has 0 unspecified atom stereocenters. The minimum absolute atomic E-state index is 0.00791. The predicted octanol–water partition coefficient (Wildman–Crippen LogP) is 0.797. The molecule has 5 nitrogen and oxygen atoms in total. The van der Waals surface area contributed by atoms with Crippen molar-refractivity contribution >= 4 is 5.91 Å². The highest BCUT2D eigenvalue weighted by molar-refractivity contribution is 5.93. The highest BCUT2D eigenvalue weighted by Crippen LogP contribution is 2.04. The van der Waals surface area contributed by atoms with Gasteiger partial charge in [-0.15, -0.1) is 0 Å². The van der Waals surface area contributed by atoms with Crippen molar-refractivity contribution in [1.29, 1.82) is 0 Å². The molecule has 98 valence electrons. The predicted molar refractivity (Wildman–Crippen MR) is 70.6 cm³/mol. The number of aliphatic hydroxyl groups excluding tert-OH is 1. The van der Waals surface area contributed by atoms with Crippen molar-refractivity contribution in [1.82, 2.24) is 10.3 Å². The molecule has 5 heteroatoms. The normalized spacial score (nSPS) is 10.2. The summed E-state index contributed by atoms with van der Waals surface area (Å²) in [7, 11) is 0. The second-order valence-corrected chi connectivity index (χ2v) is 4.07. The molecule has 0 atom stereocenters. The molecule has 2 rings (SSSR count). The lowest BCUT2D eigenvalue weighted by atomic mass is 10.1. The summed E-state index contributed by atoms with van der Waals surface area (Å²) in [5, 5.41) is 11.6. The second-order valence-electron chi connectivity index (χ2n) is 4.07. The molecule has 3 N–H and O–H groups in total. The van der Waals surface area contributed by atoms with Crippen LogP contribution >= 0.6 is 0 Å². The Bertz CT molecular complexity index is 617. The zero-order valence-electron chi connectivity index (χ0n) is 10.2. The first-order chi connectivity index (χ1) is 9.20. The van der Waals surface area contributed by atoms with Crippen molar-refractivity contribution < 1.29 is 9.90 Å². The van der Waals surface area contributed by atoms with Gasteiger partial charge in [0.25, 0.3) is 11.5 Å². The molecule has 19 heavy (non-hydrogen) atoms. The van der Waals surface area contributed by atoms with Gasteiger partial charge in [0.2, 0.25) is 0 Å². The van der Waals surface area contributed by atoms with Gasteiger partial charge in [-0.2, -0.15) is 0 Å². The quantitative estimate of drug-likeness (QED) is 0.758. The van der Waals surface area contributed by atoms with Crippen molar-refractivity contribution in [3.8, 4) is 0 Å². The average molecular weight is 258 g/mol. The van der Waals surface area contributed by atoms with Crippen LogP contribution in [0, 0.1) is 0 Å². The number of aliphatic hydroxyl groups is 1. The Labute approximate surface area is 109 Å². The SMILES string of the molecule is O=C(NCc1ccc(CO)cc1)c1ccc[nH]c1=O. The monoisotopic (exact) mass is 258 g/mol. The van der Waals surface area contributed by atoms with Gasteiger partial charge in [0.05, 0.1) is 6.61 Å². The molecule has 0 spiro atoms. The Morgan fingerprint density at radius 1 is 1.16 bits per heavy atom. The summed E-state index contributed by atoms with van der Waals surface area (Å²) in [6, 6.07) is 10.3. The highest BCUT2D eigenvalue weighted by atomic mass is 16.3. The van der Waals surface area contributed by atoms with Crippen LogP contribution in [-0.2, 0) is 13.2 Å². The van der Waals surface area contributed by atoms with Crippen molar-refractivity contribution in [2.45, 2.75) is 13.2 Å². The Morgan fingerprint density at radius 3 is 2.47 bits per heavy atom. The van der Waals surface area contributed by atoms with E-state index in [4.69, 9.17) is 5.11 Å². The van der Waals surface area contributed by atoms with Crippen LogP contribution in [0.2, 0.25) is 0 Å². The fourth-order valence-electron chi connectivity index (χ4n) is 1.64. The van der Waals surface area contributed by atoms with Gasteiger partial charge in [0.1, 0.15) is 5.56 Å². The molecule has 1 heterocycles. The first kappa shape index (κ1) is 13.0. The van der Waals surface area contributed by atoms with E-state index in [1.165, 1.54) is 12.3 Å². The molecule has 2 aromatic rings. The van der Waals surface area contributed by atoms with E-state index >= 15 is 0 Å². The van der Waals surface area contributed by atoms with E-state index in [0.29, 0.717) is 6.54 Å². The number of hydrogen-bond acceptors (Lipinski definition) is 3. The lowest BCUT2D eigenvalue weighted by molar-refractivity contribution is 0.0949. The summed E-state index contributed by atoms with van der Waals surface area (Å²) in [6.07, 6.45) is 1.48. The highest BCUT2D eigenvalue weighted by Gasteiger charge is 2.08. The molecule has 0 saturated heterocycles. The number of hydrogen-bond donors (Lipinski definition) is 3. The molecule has 1 aromatic carbocycles. The fraction of sp³-hybridized carbons (Fsp3) is 0.143. The largest absolute Gasteiger partial charge is 0.392 e. The van der Waals surface area contributed by atoms with Crippen molar-refractivity contribution in [2.75, 3.05) is 0 Å². The molecule has 0 saturated carbocycles. The van der Waals surface area contributed by atoms with Crippen molar-refractivity contribution in [3.05, 3.63) is 69.6 Å². The molecule has 0 bridgehead atoms. The minimum Gasteiger partial charge on any atom is -0.392 e. The lowest BCUT2D eigenvalue weighted by Gasteiger charge is -2.05. The van der Waals surface area contributed by atoms with Crippen LogP contribution in [0.3, 0.4) is 0 Å². The van der Waals surface area contributed by atoms with E-state index in [9.17, 15) is 9.59 Å². The number of H-pyrrole nitrogens is 1. The summed E-state index contributed by atoms with van der Waals surface area (Å²) in [5.74, 6) is -0.409. The smallest absolute Gasteiger partial charge is 0.260 e. The minimum atomic E-state index is -0.409. The number of carbonyl (C=O) groups excluding carboxylic acids is 1. The van der Waals surface area contributed by atoms with Crippen LogP contribution in [0.4, 0.5) is 0 Å². The molecule has 0 aliphatic heterocycles. The molecule has 1 aromatic heterocycles. The van der Waals surface area contributed by atoms with Crippen LogP contribution in [0.5, 0.6) is 0 Å². The third-order valence-electron chi connectivity index (χ3n) is 2.72. The maximum atomic E-state index is 11.8. The van der Waals surface area contributed by atoms with Crippen LogP contribution < -0.4 is 10.9 Å². The van der Waals surface area contributed by atoms with E-state index in [1.54, 1.807) is 18.2 Å². The van der Waals surface area contributed by atoms with Gasteiger partial charge in [0.15, 0.2) is 0 Å². The zero-order chi connectivity index (χ0) is 13.7. The number of nitrogens with one attached hydrogen (secondary N) is 2. The first-order valence-electron chi connectivity index (χ1n) is 5.85. The number of aromatic amines is 1. The lowest BCUT2D eigenvalue weighted by Crippen LogP contribution is -2.28. The summed E-state index contributed by atoms with van der Waals surface area (Å²) < 4.78 is 0. The molecule has 0 aliphatic carbocycles. The molecule has 1 amide bonds. The van der Waals surface area contributed by atoms with E-state index in [1.807, 2.05) is 12.1 Å². The summed E-state index contributed by atoms with van der Waals surface area (Å²) in [6.45, 7) is 0.324. The van der Waals surface area contributed by atoms with E-state index in [0.717, 1.165) is 11.1 Å². The first-order valence-corrected chi connectivity index (χ1v) is 5.85. The fourth-order valence-corrected chi connectivity index (χ4v) is 1.64. The Balaban J connectivity index is 2.00. The molecular weight excluding hydrogens is 244 g/mol. The third-order valence-corrected chi connectivity index (χ3v) is 2.72. The van der Waals surface area contributed by atoms with E-state index < -0.39 is 11.5 Å². The maximum absolute atomic E-state index is 11.8. The van der Waals surface area contributed by atoms with Gasteiger partial charge in [-0.05, 0) is 23.3 Å². The summed E-state index contributed by atoms with van der Waals surface area (Å²) in [4.78, 5) is 25.7. The van der Waals surface area contributed by atoms with Gasteiger partial charge in [-0.3, -0.25) is 9.59 Å². The van der Waals surface area contributed by atoms with Crippen LogP contribution in [0.1, 0.15) is 21.5 Å².